The maximum Gasteiger partial charge on any atom is 0.0772 e. The number of nitrogens with two attached hydrogens (primary N) is 1. The van der Waals surface area contributed by atoms with Gasteiger partial charge < -0.3 is 5.73 Å². The van der Waals surface area contributed by atoms with Gasteiger partial charge in [-0.1, -0.05) is 37.7 Å². The molecule has 17 heavy (non-hydrogen) atoms. The summed E-state index contributed by atoms with van der Waals surface area (Å²) in [7, 11) is 0. The van der Waals surface area contributed by atoms with Crippen LogP contribution in [0.4, 0.5) is 5.69 Å². The van der Waals surface area contributed by atoms with Gasteiger partial charge in [-0.3, -0.25) is 4.99 Å². The molecule has 0 aromatic heterocycles. The second-order valence-corrected chi connectivity index (χ2v) is 6.55. The first-order valence-corrected chi connectivity index (χ1v) is 6.70. The van der Waals surface area contributed by atoms with Crippen LogP contribution in [0.3, 0.4) is 0 Å². The molecule has 0 radical (unpaired) electrons. The van der Waals surface area contributed by atoms with Gasteiger partial charge in [0.05, 0.1) is 16.3 Å². The Morgan fingerprint density at radius 3 is 2.82 bits per heavy atom. The number of benzene rings is 1. The first-order chi connectivity index (χ1) is 8.05. The van der Waals surface area contributed by atoms with E-state index in [0.29, 0.717) is 0 Å². The lowest BCUT2D eigenvalue weighted by atomic mass is 9.78. The predicted octanol–water partition coefficient (Wildman–Crippen LogP) is 3.86. The first-order valence-electron chi connectivity index (χ1n) is 5.89. The molecule has 1 aliphatic carbocycles. The van der Waals surface area contributed by atoms with E-state index in [1.165, 1.54) is 15.5 Å². The third-order valence-corrected chi connectivity index (χ3v) is 4.47. The maximum absolute atomic E-state index is 6.20. The normalized spacial score (nSPS) is 21.6. The highest BCUT2D eigenvalue weighted by Gasteiger charge is 2.32. The van der Waals surface area contributed by atoms with Crippen LogP contribution in [0.5, 0.6) is 0 Å². The van der Waals surface area contributed by atoms with Crippen LogP contribution in [0, 0.1) is 5.41 Å². The van der Waals surface area contributed by atoms with Gasteiger partial charge in [0, 0.05) is 10.6 Å². The van der Waals surface area contributed by atoms with E-state index in [1.807, 2.05) is 6.07 Å². The molecule has 1 aliphatic heterocycles. The molecule has 0 amide bonds. The fourth-order valence-electron chi connectivity index (χ4n) is 2.48. The zero-order chi connectivity index (χ0) is 12.0. The Bertz CT molecular complexity index is 541. The minimum atomic E-state index is 0.235. The smallest absolute Gasteiger partial charge is 0.0772 e. The predicted molar refractivity (Wildman–Crippen MR) is 73.6 cm³/mol. The van der Waals surface area contributed by atoms with Crippen LogP contribution < -0.4 is 5.73 Å². The van der Waals surface area contributed by atoms with Gasteiger partial charge in [0.25, 0.3) is 0 Å². The summed E-state index contributed by atoms with van der Waals surface area (Å²) < 4.78 is 0. The van der Waals surface area contributed by atoms with Crippen molar-refractivity contribution >= 4 is 23.2 Å². The molecule has 2 aliphatic rings. The lowest BCUT2D eigenvalue weighted by Gasteiger charge is -2.34. The standard InChI is InChI=1S/C14H16N2S/c1-14(2)7-9(15)13-11(8-14)16-10-5-3-4-6-12(10)17-13/h3-6H,7-8,15H2,1-2H3. The Hall–Kier alpha value is -1.22. The molecule has 0 atom stereocenters. The van der Waals surface area contributed by atoms with Crippen LogP contribution in [-0.2, 0) is 0 Å². The molecule has 1 heterocycles. The van der Waals surface area contributed by atoms with Crippen molar-refractivity contribution in [3.8, 4) is 0 Å². The van der Waals surface area contributed by atoms with Crippen molar-refractivity contribution in [1.29, 1.82) is 0 Å². The molecule has 3 heteroatoms. The van der Waals surface area contributed by atoms with Crippen molar-refractivity contribution < 1.29 is 0 Å². The van der Waals surface area contributed by atoms with E-state index in [1.54, 1.807) is 11.8 Å². The van der Waals surface area contributed by atoms with Crippen LogP contribution in [0.15, 0.2) is 44.8 Å². The monoisotopic (exact) mass is 244 g/mol. The van der Waals surface area contributed by atoms with Crippen LogP contribution in [0.25, 0.3) is 0 Å². The van der Waals surface area contributed by atoms with Crippen LogP contribution in [-0.4, -0.2) is 5.71 Å². The zero-order valence-corrected chi connectivity index (χ0v) is 11.0. The molecule has 88 valence electrons. The highest BCUT2D eigenvalue weighted by atomic mass is 32.2. The third kappa shape index (κ3) is 1.89. The van der Waals surface area contributed by atoms with Crippen molar-refractivity contribution in [3.63, 3.8) is 0 Å². The molecule has 3 rings (SSSR count). The van der Waals surface area contributed by atoms with E-state index in [2.05, 4.69) is 32.0 Å². The molecule has 0 bridgehead atoms. The molecule has 0 spiro atoms. The van der Waals surface area contributed by atoms with Crippen molar-refractivity contribution in [3.05, 3.63) is 34.9 Å². The van der Waals surface area contributed by atoms with E-state index in [0.717, 1.165) is 24.2 Å². The summed E-state index contributed by atoms with van der Waals surface area (Å²) in [5, 5.41) is 0. The average Bonchev–Trinajstić information content (AvgIpc) is 2.25. The van der Waals surface area contributed by atoms with Gasteiger partial charge in [-0.05, 0) is 30.4 Å². The molecule has 2 nitrogen and oxygen atoms in total. The number of hydrogen-bond donors (Lipinski definition) is 1. The second-order valence-electron chi connectivity index (χ2n) is 5.50. The van der Waals surface area contributed by atoms with Gasteiger partial charge in [0.15, 0.2) is 0 Å². The van der Waals surface area contributed by atoms with Crippen molar-refractivity contribution in [2.24, 2.45) is 16.1 Å². The summed E-state index contributed by atoms with van der Waals surface area (Å²) in [5.74, 6) is 0. The quantitative estimate of drug-likeness (QED) is 0.752. The number of para-hydroxylation sites is 1. The van der Waals surface area contributed by atoms with Gasteiger partial charge in [0.2, 0.25) is 0 Å². The fraction of sp³-hybridized carbons (Fsp3) is 0.357. The number of thioether (sulfide) groups is 1. The van der Waals surface area contributed by atoms with Gasteiger partial charge >= 0.3 is 0 Å². The van der Waals surface area contributed by atoms with Crippen LogP contribution in [0.1, 0.15) is 26.7 Å². The van der Waals surface area contributed by atoms with Crippen molar-refractivity contribution in [2.75, 3.05) is 0 Å². The highest BCUT2D eigenvalue weighted by Crippen LogP contribution is 2.47. The van der Waals surface area contributed by atoms with Gasteiger partial charge in [-0.2, -0.15) is 0 Å². The number of aliphatic imine (C=N–C) groups is 1. The summed E-state index contributed by atoms with van der Waals surface area (Å²) in [6.07, 6.45) is 1.99. The molecular weight excluding hydrogens is 228 g/mol. The largest absolute Gasteiger partial charge is 0.401 e. The SMILES string of the molecule is CC1(C)CC2=Nc3ccccc3SC2=C(N)C1. The van der Waals surface area contributed by atoms with E-state index in [4.69, 9.17) is 10.7 Å². The lowest BCUT2D eigenvalue weighted by molar-refractivity contribution is 0.371. The molecule has 0 fully saturated rings. The molecule has 0 saturated heterocycles. The molecular formula is C14H16N2S. The van der Waals surface area contributed by atoms with E-state index >= 15 is 0 Å². The Morgan fingerprint density at radius 2 is 2.00 bits per heavy atom. The van der Waals surface area contributed by atoms with E-state index in [9.17, 15) is 0 Å². The second kappa shape index (κ2) is 3.64. The number of fused-ring (bicyclic) bond motifs is 2. The Labute approximate surface area is 106 Å². The maximum atomic E-state index is 6.20. The number of rotatable bonds is 0. The van der Waals surface area contributed by atoms with Crippen molar-refractivity contribution in [1.82, 2.24) is 0 Å². The molecule has 1 aromatic rings. The van der Waals surface area contributed by atoms with Gasteiger partial charge in [-0.25, -0.2) is 0 Å². The number of allylic oxidation sites excluding steroid dienone is 2. The summed E-state index contributed by atoms with van der Waals surface area (Å²) in [6.45, 7) is 4.51. The highest BCUT2D eigenvalue weighted by molar-refractivity contribution is 8.04. The van der Waals surface area contributed by atoms with Gasteiger partial charge in [-0.15, -0.1) is 0 Å². The first kappa shape index (κ1) is 10.9. The zero-order valence-electron chi connectivity index (χ0n) is 10.2. The van der Waals surface area contributed by atoms with Crippen LogP contribution >= 0.6 is 11.8 Å². The number of nitrogens with zero attached hydrogens (tertiary/aromatic N) is 1. The molecule has 2 N–H and O–H groups in total. The Balaban J connectivity index is 2.13. The lowest BCUT2D eigenvalue weighted by Crippen LogP contribution is -2.28. The molecule has 1 aromatic carbocycles. The van der Waals surface area contributed by atoms with E-state index < -0.39 is 0 Å². The summed E-state index contributed by atoms with van der Waals surface area (Å²) in [5.41, 5.74) is 9.69. The van der Waals surface area contributed by atoms with Crippen molar-refractivity contribution in [2.45, 2.75) is 31.6 Å². The molecule has 0 saturated carbocycles. The third-order valence-electron chi connectivity index (χ3n) is 3.20. The molecule has 0 unspecified atom stereocenters. The Morgan fingerprint density at radius 1 is 1.24 bits per heavy atom. The van der Waals surface area contributed by atoms with Crippen LogP contribution in [0.2, 0.25) is 0 Å². The topological polar surface area (TPSA) is 38.4 Å². The summed E-state index contributed by atoms with van der Waals surface area (Å²) in [6, 6.07) is 8.27. The average molecular weight is 244 g/mol. The van der Waals surface area contributed by atoms with E-state index in [-0.39, 0.29) is 5.41 Å². The summed E-state index contributed by atoms with van der Waals surface area (Å²) >= 11 is 1.77. The Kier molecular flexibility index (Phi) is 2.33. The van der Waals surface area contributed by atoms with Gasteiger partial charge in [0.1, 0.15) is 0 Å². The fourth-order valence-corrected chi connectivity index (χ4v) is 3.51. The minimum Gasteiger partial charge on any atom is -0.401 e. The minimum absolute atomic E-state index is 0.235. The number of hydrogen-bond acceptors (Lipinski definition) is 3. The summed E-state index contributed by atoms with van der Waals surface area (Å²) in [4.78, 5) is 7.19.